The fraction of sp³-hybridized carbons (Fsp3) is 0.120. The third-order valence-corrected chi connectivity index (χ3v) is 6.70. The quantitative estimate of drug-likeness (QED) is 0.255. The number of hydrogen-bond acceptors (Lipinski definition) is 8. The first-order valence-electron chi connectivity index (χ1n) is 10.6. The van der Waals surface area contributed by atoms with Crippen molar-refractivity contribution in [2.45, 2.75) is 18.1 Å². The Balaban J connectivity index is 1.08. The topological polar surface area (TPSA) is 90.1 Å². The molecule has 5 rings (SSSR count). The van der Waals surface area contributed by atoms with E-state index in [1.165, 1.54) is 16.5 Å². The monoisotopic (exact) mass is 488 g/mol. The second kappa shape index (κ2) is 10.5. The summed E-state index contributed by atoms with van der Waals surface area (Å²) in [6, 6.07) is 24.8. The first kappa shape index (κ1) is 22.1. The summed E-state index contributed by atoms with van der Waals surface area (Å²) >= 11 is 2.88. The number of rotatable bonds is 9. The number of thiazole rings is 1. The number of benzene rings is 3. The van der Waals surface area contributed by atoms with Gasteiger partial charge in [-0.05, 0) is 48.5 Å². The number of carbonyl (C=O) groups is 1. The van der Waals surface area contributed by atoms with E-state index in [1.807, 2.05) is 60.7 Å². The van der Waals surface area contributed by atoms with Gasteiger partial charge in [0.2, 0.25) is 11.8 Å². The Bertz CT molecular complexity index is 1350. The Hall–Kier alpha value is -3.69. The van der Waals surface area contributed by atoms with Gasteiger partial charge in [0, 0.05) is 18.5 Å². The average molecular weight is 489 g/mol. The van der Waals surface area contributed by atoms with Crippen LogP contribution in [0.15, 0.2) is 88.5 Å². The Kier molecular flexibility index (Phi) is 6.83. The zero-order chi connectivity index (χ0) is 23.2. The lowest BCUT2D eigenvalue weighted by Crippen LogP contribution is -2.13. The van der Waals surface area contributed by atoms with Crippen molar-refractivity contribution >= 4 is 44.9 Å². The molecule has 1 amide bonds. The number of aromatic nitrogens is 3. The van der Waals surface area contributed by atoms with Gasteiger partial charge in [0.15, 0.2) is 0 Å². The van der Waals surface area contributed by atoms with E-state index in [-0.39, 0.29) is 11.7 Å². The number of amides is 1. The van der Waals surface area contributed by atoms with E-state index in [1.54, 1.807) is 23.5 Å². The molecule has 0 spiro atoms. The highest BCUT2D eigenvalue weighted by atomic mass is 32.2. The molecule has 0 aliphatic carbocycles. The van der Waals surface area contributed by atoms with E-state index in [0.717, 1.165) is 22.7 Å². The van der Waals surface area contributed by atoms with Gasteiger partial charge in [0.1, 0.15) is 11.5 Å². The number of nitrogens with one attached hydrogen (secondary N) is 1. The normalized spacial score (nSPS) is 10.9. The molecule has 0 fully saturated rings. The van der Waals surface area contributed by atoms with Crippen molar-refractivity contribution in [2.75, 3.05) is 11.1 Å². The number of ether oxygens (including phenoxy) is 1. The second-order valence-electron chi connectivity index (χ2n) is 7.31. The molecule has 3 aromatic carbocycles. The van der Waals surface area contributed by atoms with Crippen LogP contribution >= 0.6 is 23.1 Å². The first-order valence-corrected chi connectivity index (χ1v) is 12.4. The van der Waals surface area contributed by atoms with Gasteiger partial charge < -0.3 is 14.5 Å². The molecule has 170 valence electrons. The van der Waals surface area contributed by atoms with Gasteiger partial charge in [0.05, 0.1) is 21.0 Å². The summed E-state index contributed by atoms with van der Waals surface area (Å²) in [5.41, 5.74) is 1.70. The maximum atomic E-state index is 12.3. The summed E-state index contributed by atoms with van der Waals surface area (Å²) in [5, 5.41) is 12.4. The first-order chi connectivity index (χ1) is 16.7. The highest BCUT2D eigenvalue weighted by Gasteiger charge is 2.12. The Labute approximate surface area is 204 Å². The molecule has 0 bridgehead atoms. The van der Waals surface area contributed by atoms with E-state index in [0.29, 0.717) is 29.0 Å². The molecule has 7 nitrogen and oxygen atoms in total. The van der Waals surface area contributed by atoms with E-state index in [2.05, 4.69) is 26.6 Å². The lowest BCUT2D eigenvalue weighted by molar-refractivity contribution is -0.113. The number of aryl methyl sites for hydroxylation is 2. The predicted octanol–water partition coefficient (Wildman–Crippen LogP) is 5.99. The average Bonchev–Trinajstić information content (AvgIpc) is 3.50. The van der Waals surface area contributed by atoms with Crippen LogP contribution in [-0.4, -0.2) is 26.8 Å². The van der Waals surface area contributed by atoms with Crippen LogP contribution in [0.4, 0.5) is 5.69 Å². The van der Waals surface area contributed by atoms with Crippen molar-refractivity contribution in [3.05, 3.63) is 89.8 Å². The van der Waals surface area contributed by atoms with Crippen molar-refractivity contribution in [1.29, 1.82) is 0 Å². The molecule has 0 aliphatic rings. The van der Waals surface area contributed by atoms with Crippen molar-refractivity contribution < 1.29 is 13.9 Å². The van der Waals surface area contributed by atoms with Gasteiger partial charge in [-0.25, -0.2) is 4.98 Å². The lowest BCUT2D eigenvalue weighted by Gasteiger charge is -2.07. The number of nitrogens with zero attached hydrogens (tertiary/aromatic N) is 3. The number of carbonyl (C=O) groups excluding carboxylic acids is 1. The van der Waals surface area contributed by atoms with Crippen molar-refractivity contribution in [2.24, 2.45) is 0 Å². The smallest absolute Gasteiger partial charge is 0.277 e. The minimum absolute atomic E-state index is 0.157. The number of hydrogen-bond donors (Lipinski definition) is 1. The molecule has 5 aromatic rings. The summed E-state index contributed by atoms with van der Waals surface area (Å²) in [6.07, 6.45) is 1.34. The highest BCUT2D eigenvalue weighted by Crippen LogP contribution is 2.24. The van der Waals surface area contributed by atoms with Gasteiger partial charge in [0.25, 0.3) is 5.22 Å². The molecule has 0 unspecified atom stereocenters. The summed E-state index contributed by atoms with van der Waals surface area (Å²) in [7, 11) is 0. The molecule has 2 aromatic heterocycles. The van der Waals surface area contributed by atoms with Gasteiger partial charge in [-0.3, -0.25) is 4.79 Å². The summed E-state index contributed by atoms with van der Waals surface area (Å²) in [6.45, 7) is 0. The van der Waals surface area contributed by atoms with E-state index >= 15 is 0 Å². The molecular weight excluding hydrogens is 468 g/mol. The van der Waals surface area contributed by atoms with Crippen molar-refractivity contribution in [3.63, 3.8) is 0 Å². The number of thioether (sulfide) groups is 1. The Morgan fingerprint density at radius 3 is 2.50 bits per heavy atom. The van der Waals surface area contributed by atoms with Crippen LogP contribution in [0.1, 0.15) is 10.9 Å². The Morgan fingerprint density at radius 1 is 0.912 bits per heavy atom. The van der Waals surface area contributed by atoms with Gasteiger partial charge in [-0.15, -0.1) is 21.5 Å². The molecule has 9 heteroatoms. The molecule has 0 aliphatic heterocycles. The maximum Gasteiger partial charge on any atom is 0.277 e. The standard InChI is InChI=1S/C25H20N4O3S2/c30-22(26-17-10-12-19(13-11-17)31-18-6-2-1-3-7-18)16-33-25-29-28-23(32-25)14-15-24-27-20-8-4-5-9-21(20)34-24/h1-13H,14-16H2,(H,26,30). The second-order valence-corrected chi connectivity index (χ2v) is 9.36. The zero-order valence-corrected chi connectivity index (χ0v) is 19.6. The van der Waals surface area contributed by atoms with Crippen LogP contribution < -0.4 is 10.1 Å². The number of fused-ring (bicyclic) bond motifs is 1. The maximum absolute atomic E-state index is 12.3. The minimum atomic E-state index is -0.157. The van der Waals surface area contributed by atoms with Crippen LogP contribution in [0.25, 0.3) is 10.2 Å². The number of para-hydroxylation sites is 2. The largest absolute Gasteiger partial charge is 0.457 e. The fourth-order valence-electron chi connectivity index (χ4n) is 3.19. The fourth-order valence-corrected chi connectivity index (χ4v) is 4.74. The molecule has 0 saturated heterocycles. The van der Waals surface area contributed by atoms with Gasteiger partial charge in [-0.1, -0.05) is 42.1 Å². The Morgan fingerprint density at radius 2 is 1.68 bits per heavy atom. The van der Waals surface area contributed by atoms with Gasteiger partial charge >= 0.3 is 0 Å². The molecule has 0 saturated carbocycles. The van der Waals surface area contributed by atoms with Crippen LogP contribution in [0, 0.1) is 0 Å². The van der Waals surface area contributed by atoms with Crippen molar-refractivity contribution in [3.8, 4) is 11.5 Å². The van der Waals surface area contributed by atoms with Crippen LogP contribution in [-0.2, 0) is 17.6 Å². The van der Waals surface area contributed by atoms with Crippen LogP contribution in [0.3, 0.4) is 0 Å². The van der Waals surface area contributed by atoms with Crippen LogP contribution in [0.5, 0.6) is 11.5 Å². The molecule has 0 atom stereocenters. The third-order valence-electron chi connectivity index (χ3n) is 4.78. The summed E-state index contributed by atoms with van der Waals surface area (Å²) in [4.78, 5) is 16.9. The molecule has 1 N–H and O–H groups in total. The predicted molar refractivity (Wildman–Crippen MR) is 134 cm³/mol. The molecule has 0 radical (unpaired) electrons. The minimum Gasteiger partial charge on any atom is -0.457 e. The molecule has 34 heavy (non-hydrogen) atoms. The molecule has 2 heterocycles. The van der Waals surface area contributed by atoms with E-state index in [9.17, 15) is 4.79 Å². The SMILES string of the molecule is O=C(CSc1nnc(CCc2nc3ccccc3s2)o1)Nc1ccc(Oc2ccccc2)cc1. The van der Waals surface area contributed by atoms with Crippen molar-refractivity contribution in [1.82, 2.24) is 15.2 Å². The van der Waals surface area contributed by atoms with E-state index in [4.69, 9.17) is 9.15 Å². The third kappa shape index (κ3) is 5.81. The van der Waals surface area contributed by atoms with Gasteiger partial charge in [-0.2, -0.15) is 0 Å². The zero-order valence-electron chi connectivity index (χ0n) is 18.0. The lowest BCUT2D eigenvalue weighted by atomic mass is 10.3. The molecular formula is C25H20N4O3S2. The summed E-state index contributed by atoms with van der Waals surface area (Å²) < 4.78 is 12.6. The summed E-state index contributed by atoms with van der Waals surface area (Å²) in [5.74, 6) is 2.01. The van der Waals surface area contributed by atoms with E-state index < -0.39 is 0 Å². The number of anilines is 1. The highest BCUT2D eigenvalue weighted by molar-refractivity contribution is 7.99. The van der Waals surface area contributed by atoms with Crippen LogP contribution in [0.2, 0.25) is 0 Å².